The minimum absolute atomic E-state index is 0.277. The molecule has 0 aromatic heterocycles. The lowest BCUT2D eigenvalue weighted by molar-refractivity contribution is 0.622. The first kappa shape index (κ1) is 15.2. The molecule has 106 valence electrons. The normalized spacial score (nSPS) is 12.7. The van der Waals surface area contributed by atoms with E-state index in [1.807, 2.05) is 18.2 Å². The molecular weight excluding hydrogens is 317 g/mol. The molecule has 1 atom stereocenters. The van der Waals surface area contributed by atoms with Crippen LogP contribution in [0.5, 0.6) is 0 Å². The molecule has 0 spiro atoms. The van der Waals surface area contributed by atoms with Gasteiger partial charge in [0.25, 0.3) is 0 Å². The number of halogens is 2. The van der Waals surface area contributed by atoms with Crippen LogP contribution < -0.4 is 5.73 Å². The van der Waals surface area contributed by atoms with Crippen molar-refractivity contribution in [1.82, 2.24) is 0 Å². The summed E-state index contributed by atoms with van der Waals surface area (Å²) in [7, 11) is 0. The fourth-order valence-electron chi connectivity index (χ4n) is 2.28. The van der Waals surface area contributed by atoms with E-state index in [9.17, 15) is 4.39 Å². The zero-order valence-corrected chi connectivity index (χ0v) is 13.3. The second-order valence-electron chi connectivity index (χ2n) is 5.52. The van der Waals surface area contributed by atoms with E-state index in [-0.39, 0.29) is 11.9 Å². The smallest absolute Gasteiger partial charge is 0.124 e. The molecule has 0 aliphatic heterocycles. The Morgan fingerprint density at radius 2 is 1.70 bits per heavy atom. The molecule has 0 fully saturated rings. The first-order valence-corrected chi connectivity index (χ1v) is 7.55. The van der Waals surface area contributed by atoms with Crippen LogP contribution in [0.4, 0.5) is 4.39 Å². The monoisotopic (exact) mass is 335 g/mol. The molecule has 3 heteroatoms. The topological polar surface area (TPSA) is 26.0 Å². The van der Waals surface area contributed by atoms with Crippen molar-refractivity contribution >= 4 is 15.9 Å². The summed E-state index contributed by atoms with van der Waals surface area (Å²) in [5.74, 6) is 0.356. The average Bonchev–Trinajstić information content (AvgIpc) is 2.37. The third-order valence-corrected chi connectivity index (χ3v) is 3.68. The van der Waals surface area contributed by atoms with Crippen molar-refractivity contribution in [2.45, 2.75) is 26.3 Å². The summed E-state index contributed by atoms with van der Waals surface area (Å²) in [5.41, 5.74) is 9.29. The van der Waals surface area contributed by atoms with E-state index in [0.717, 1.165) is 17.5 Å². The highest BCUT2D eigenvalue weighted by Crippen LogP contribution is 2.24. The van der Waals surface area contributed by atoms with Gasteiger partial charge in [-0.3, -0.25) is 0 Å². The molecular formula is C17H19BrFN. The lowest BCUT2D eigenvalue weighted by atomic mass is 9.96. The minimum atomic E-state index is -0.310. The number of rotatable bonds is 4. The minimum Gasteiger partial charge on any atom is -0.320 e. The van der Waals surface area contributed by atoms with Crippen LogP contribution in [-0.4, -0.2) is 0 Å². The van der Waals surface area contributed by atoms with Crippen LogP contribution in [0.2, 0.25) is 0 Å². The van der Waals surface area contributed by atoms with Gasteiger partial charge in [0.2, 0.25) is 0 Å². The number of hydrogen-bond donors (Lipinski definition) is 1. The Morgan fingerprint density at radius 1 is 1.05 bits per heavy atom. The van der Waals surface area contributed by atoms with Crippen LogP contribution in [-0.2, 0) is 6.42 Å². The van der Waals surface area contributed by atoms with Gasteiger partial charge < -0.3 is 5.73 Å². The maximum absolute atomic E-state index is 13.4. The summed E-state index contributed by atoms with van der Waals surface area (Å²) in [6.45, 7) is 4.40. The molecule has 1 nitrogen and oxygen atoms in total. The summed E-state index contributed by atoms with van der Waals surface area (Å²) in [6.07, 6.45) is 1.06. The lowest BCUT2D eigenvalue weighted by Crippen LogP contribution is -2.12. The first-order chi connectivity index (χ1) is 9.45. The van der Waals surface area contributed by atoms with Gasteiger partial charge in [-0.1, -0.05) is 54.0 Å². The van der Waals surface area contributed by atoms with Gasteiger partial charge in [0.1, 0.15) is 5.82 Å². The van der Waals surface area contributed by atoms with Crippen molar-refractivity contribution in [1.29, 1.82) is 0 Å². The van der Waals surface area contributed by atoms with Gasteiger partial charge in [-0.25, -0.2) is 4.39 Å². The zero-order valence-electron chi connectivity index (χ0n) is 11.7. The Balaban J connectivity index is 2.22. The maximum Gasteiger partial charge on any atom is 0.124 e. The van der Waals surface area contributed by atoms with Gasteiger partial charge in [-0.15, -0.1) is 0 Å². The second kappa shape index (κ2) is 6.51. The van der Waals surface area contributed by atoms with Crippen molar-refractivity contribution in [3.8, 4) is 0 Å². The molecule has 0 saturated carbocycles. The first-order valence-electron chi connectivity index (χ1n) is 6.76. The molecule has 0 amide bonds. The van der Waals surface area contributed by atoms with E-state index in [0.29, 0.717) is 10.4 Å². The maximum atomic E-state index is 13.4. The molecule has 2 N–H and O–H groups in total. The number of hydrogen-bond acceptors (Lipinski definition) is 1. The standard InChI is InChI=1S/C17H19BrFN/c1-11(2)7-12-3-5-13(6-4-12)17(20)14-8-15(18)10-16(19)9-14/h3-6,8-11,17H,7,20H2,1-2H3. The van der Waals surface area contributed by atoms with Crippen LogP contribution in [0.3, 0.4) is 0 Å². The summed E-state index contributed by atoms with van der Waals surface area (Å²) < 4.78 is 14.1. The highest BCUT2D eigenvalue weighted by atomic mass is 79.9. The molecule has 2 aromatic carbocycles. The SMILES string of the molecule is CC(C)Cc1ccc(C(N)c2cc(F)cc(Br)c2)cc1. The number of nitrogens with two attached hydrogens (primary N) is 1. The van der Waals surface area contributed by atoms with Gasteiger partial charge in [0.15, 0.2) is 0 Å². The molecule has 2 rings (SSSR count). The van der Waals surface area contributed by atoms with Gasteiger partial charge in [-0.05, 0) is 47.2 Å². The van der Waals surface area contributed by atoms with Crippen molar-refractivity contribution in [2.24, 2.45) is 11.7 Å². The van der Waals surface area contributed by atoms with E-state index in [4.69, 9.17) is 5.73 Å². The van der Waals surface area contributed by atoms with Crippen LogP contribution in [0.15, 0.2) is 46.9 Å². The third-order valence-electron chi connectivity index (χ3n) is 3.23. The van der Waals surface area contributed by atoms with E-state index in [1.54, 1.807) is 0 Å². The Bertz CT molecular complexity index is 558. The Hall–Kier alpha value is -1.19. The molecule has 0 bridgehead atoms. The fraction of sp³-hybridized carbons (Fsp3) is 0.294. The molecule has 2 aromatic rings. The lowest BCUT2D eigenvalue weighted by Gasteiger charge is -2.14. The summed E-state index contributed by atoms with van der Waals surface area (Å²) in [4.78, 5) is 0. The Kier molecular flexibility index (Phi) is 4.95. The Morgan fingerprint density at radius 3 is 2.25 bits per heavy atom. The molecule has 20 heavy (non-hydrogen) atoms. The van der Waals surface area contributed by atoms with Crippen LogP contribution in [0, 0.1) is 11.7 Å². The number of benzene rings is 2. The predicted octanol–water partition coefficient (Wildman–Crippen LogP) is 4.83. The van der Waals surface area contributed by atoms with E-state index < -0.39 is 0 Å². The van der Waals surface area contributed by atoms with Gasteiger partial charge in [-0.2, -0.15) is 0 Å². The summed E-state index contributed by atoms with van der Waals surface area (Å²) in [6, 6.07) is 12.7. The molecule has 0 radical (unpaired) electrons. The quantitative estimate of drug-likeness (QED) is 0.850. The van der Waals surface area contributed by atoms with Crippen molar-refractivity contribution in [3.05, 3.63) is 69.4 Å². The molecule has 0 heterocycles. The van der Waals surface area contributed by atoms with Gasteiger partial charge in [0.05, 0.1) is 6.04 Å². The molecule has 1 unspecified atom stereocenters. The zero-order chi connectivity index (χ0) is 14.7. The van der Waals surface area contributed by atoms with Crippen LogP contribution >= 0.6 is 15.9 Å². The predicted molar refractivity (Wildman–Crippen MR) is 85.1 cm³/mol. The molecule has 0 saturated heterocycles. The largest absolute Gasteiger partial charge is 0.320 e. The second-order valence-corrected chi connectivity index (χ2v) is 6.44. The van der Waals surface area contributed by atoms with Crippen LogP contribution in [0.25, 0.3) is 0 Å². The van der Waals surface area contributed by atoms with E-state index in [1.165, 1.54) is 17.7 Å². The average molecular weight is 336 g/mol. The fourth-order valence-corrected chi connectivity index (χ4v) is 2.76. The Labute approximate surface area is 128 Å². The van der Waals surface area contributed by atoms with Crippen molar-refractivity contribution < 1.29 is 4.39 Å². The van der Waals surface area contributed by atoms with Gasteiger partial charge >= 0.3 is 0 Å². The van der Waals surface area contributed by atoms with Gasteiger partial charge in [0, 0.05) is 4.47 Å². The van der Waals surface area contributed by atoms with Crippen molar-refractivity contribution in [3.63, 3.8) is 0 Å². The van der Waals surface area contributed by atoms with E-state index >= 15 is 0 Å². The highest BCUT2D eigenvalue weighted by molar-refractivity contribution is 9.10. The summed E-state index contributed by atoms with van der Waals surface area (Å²) >= 11 is 3.30. The molecule has 0 aliphatic rings. The summed E-state index contributed by atoms with van der Waals surface area (Å²) in [5, 5.41) is 0. The molecule has 0 aliphatic carbocycles. The van der Waals surface area contributed by atoms with E-state index in [2.05, 4.69) is 41.9 Å². The highest BCUT2D eigenvalue weighted by Gasteiger charge is 2.11. The third kappa shape index (κ3) is 3.90. The van der Waals surface area contributed by atoms with Crippen molar-refractivity contribution in [2.75, 3.05) is 0 Å². The van der Waals surface area contributed by atoms with Crippen LogP contribution in [0.1, 0.15) is 36.6 Å².